The number of amides is 2. The third-order valence-electron chi connectivity index (χ3n) is 4.38. The molecule has 0 N–H and O–H groups in total. The average molecular weight is 345 g/mol. The number of esters is 1. The van der Waals surface area contributed by atoms with E-state index in [0.717, 1.165) is 26.2 Å². The first-order valence-corrected chi connectivity index (χ1v) is 8.73. The second-order valence-electron chi connectivity index (χ2n) is 5.35. The Morgan fingerprint density at radius 3 is 2.26 bits per heavy atom. The molecular formula is C14H20NO7P. The summed E-state index contributed by atoms with van der Waals surface area (Å²) in [7, 11) is -0.509. The minimum absolute atomic E-state index is 0.0602. The molecule has 0 aromatic heterocycles. The second-order valence-corrected chi connectivity index (χ2v) is 7.87. The maximum atomic E-state index is 13.2. The van der Waals surface area contributed by atoms with Crippen molar-refractivity contribution in [1.29, 1.82) is 0 Å². The number of allylic oxidation sites excluding steroid dienone is 1. The Kier molecular flexibility index (Phi) is 5.08. The zero-order valence-corrected chi connectivity index (χ0v) is 14.2. The van der Waals surface area contributed by atoms with Crippen LogP contribution in [0.1, 0.15) is 25.7 Å². The van der Waals surface area contributed by atoms with E-state index in [-0.39, 0.29) is 19.3 Å². The molecule has 0 aromatic rings. The number of imide groups is 1. The van der Waals surface area contributed by atoms with Gasteiger partial charge in [-0.25, -0.2) is 0 Å². The van der Waals surface area contributed by atoms with Gasteiger partial charge in [-0.05, 0) is 12.8 Å². The van der Waals surface area contributed by atoms with Crippen molar-refractivity contribution in [3.05, 3.63) is 12.2 Å². The quantitative estimate of drug-likeness (QED) is 0.320. The Balaban J connectivity index is 2.65. The summed E-state index contributed by atoms with van der Waals surface area (Å²) >= 11 is 0. The maximum absolute atomic E-state index is 13.2. The van der Waals surface area contributed by atoms with E-state index >= 15 is 0 Å². The number of hydrogen-bond donors (Lipinski definition) is 0. The molecule has 1 aliphatic heterocycles. The summed E-state index contributed by atoms with van der Waals surface area (Å²) in [5.74, 6) is -1.66. The number of nitrogens with zero attached hydrogens (tertiary/aromatic N) is 1. The van der Waals surface area contributed by atoms with E-state index in [0.29, 0.717) is 6.42 Å². The molecule has 0 bridgehead atoms. The molecule has 1 heterocycles. The first kappa shape index (κ1) is 17.8. The fourth-order valence-corrected chi connectivity index (χ4v) is 5.29. The lowest BCUT2D eigenvalue weighted by molar-refractivity contribution is -0.149. The number of ether oxygens (including phenoxy) is 1. The standard InChI is InChI=1S/C14H20NO7P/c1-20-13(18)14(23(19,21-2)22-3)9-5-4-6-10(14)15-11(16)7-8-12(15)17/h4,6,10H,5,7-9H2,1-3H3/t10-,14-/m1/s1. The highest BCUT2D eigenvalue weighted by Crippen LogP contribution is 2.64. The Bertz CT molecular complexity index is 578. The topological polar surface area (TPSA) is 99.2 Å². The van der Waals surface area contributed by atoms with E-state index < -0.39 is 36.6 Å². The van der Waals surface area contributed by atoms with E-state index in [9.17, 15) is 18.9 Å². The largest absolute Gasteiger partial charge is 0.468 e. The van der Waals surface area contributed by atoms with Crippen LogP contribution in [-0.2, 0) is 32.7 Å². The van der Waals surface area contributed by atoms with Crippen LogP contribution < -0.4 is 0 Å². The van der Waals surface area contributed by atoms with E-state index in [2.05, 4.69) is 0 Å². The van der Waals surface area contributed by atoms with Gasteiger partial charge in [0.2, 0.25) is 11.8 Å². The molecule has 128 valence electrons. The van der Waals surface area contributed by atoms with Gasteiger partial charge in [-0.3, -0.25) is 23.8 Å². The molecule has 1 saturated heterocycles. The van der Waals surface area contributed by atoms with E-state index in [1.807, 2.05) is 0 Å². The molecule has 0 spiro atoms. The molecule has 2 amide bonds. The van der Waals surface area contributed by atoms with Gasteiger partial charge in [0, 0.05) is 27.1 Å². The lowest BCUT2D eigenvalue weighted by atomic mass is 9.87. The van der Waals surface area contributed by atoms with Gasteiger partial charge in [0.15, 0.2) is 5.16 Å². The first-order chi connectivity index (χ1) is 10.9. The van der Waals surface area contributed by atoms with Gasteiger partial charge in [0.25, 0.3) is 0 Å². The van der Waals surface area contributed by atoms with Gasteiger partial charge in [-0.1, -0.05) is 12.2 Å². The predicted molar refractivity (Wildman–Crippen MR) is 79.6 cm³/mol. The molecular weight excluding hydrogens is 325 g/mol. The fourth-order valence-electron chi connectivity index (χ4n) is 3.25. The van der Waals surface area contributed by atoms with Crippen molar-refractivity contribution in [2.45, 2.75) is 36.9 Å². The van der Waals surface area contributed by atoms with E-state index in [4.69, 9.17) is 13.8 Å². The summed E-state index contributed by atoms with van der Waals surface area (Å²) in [4.78, 5) is 37.8. The van der Waals surface area contributed by atoms with Crippen molar-refractivity contribution in [2.75, 3.05) is 21.3 Å². The van der Waals surface area contributed by atoms with Crippen LogP contribution in [-0.4, -0.2) is 55.2 Å². The molecule has 0 radical (unpaired) electrons. The monoisotopic (exact) mass is 345 g/mol. The van der Waals surface area contributed by atoms with Crippen LogP contribution in [0.4, 0.5) is 0 Å². The Morgan fingerprint density at radius 2 is 1.78 bits per heavy atom. The van der Waals surface area contributed by atoms with E-state index in [1.54, 1.807) is 6.08 Å². The number of rotatable bonds is 5. The predicted octanol–water partition coefficient (Wildman–Crippen LogP) is 1.25. The minimum Gasteiger partial charge on any atom is -0.468 e. The molecule has 2 aliphatic rings. The zero-order valence-electron chi connectivity index (χ0n) is 13.3. The van der Waals surface area contributed by atoms with Crippen LogP contribution in [0, 0.1) is 0 Å². The summed E-state index contributed by atoms with van der Waals surface area (Å²) in [6.07, 6.45) is 3.89. The Hall–Kier alpha value is -1.50. The van der Waals surface area contributed by atoms with Gasteiger partial charge < -0.3 is 13.8 Å². The Morgan fingerprint density at radius 1 is 1.22 bits per heavy atom. The highest BCUT2D eigenvalue weighted by molar-refractivity contribution is 7.57. The third-order valence-corrected chi connectivity index (χ3v) is 6.99. The van der Waals surface area contributed by atoms with Gasteiger partial charge >= 0.3 is 13.6 Å². The minimum atomic E-state index is -3.99. The highest BCUT2D eigenvalue weighted by Gasteiger charge is 2.65. The van der Waals surface area contributed by atoms with Gasteiger partial charge in [-0.2, -0.15) is 0 Å². The maximum Gasteiger partial charge on any atom is 0.349 e. The lowest BCUT2D eigenvalue weighted by Gasteiger charge is -2.44. The van der Waals surface area contributed by atoms with Crippen molar-refractivity contribution in [3.63, 3.8) is 0 Å². The van der Waals surface area contributed by atoms with Crippen LogP contribution in [0.15, 0.2) is 12.2 Å². The normalized spacial score (nSPS) is 28.3. The van der Waals surface area contributed by atoms with E-state index in [1.165, 1.54) is 6.08 Å². The fraction of sp³-hybridized carbons (Fsp3) is 0.643. The smallest absolute Gasteiger partial charge is 0.349 e. The van der Waals surface area contributed by atoms with Crippen LogP contribution in [0.25, 0.3) is 0 Å². The van der Waals surface area contributed by atoms with Gasteiger partial charge in [-0.15, -0.1) is 0 Å². The number of likely N-dealkylation sites (tertiary alicyclic amines) is 1. The van der Waals surface area contributed by atoms with Gasteiger partial charge in [0.1, 0.15) is 0 Å². The Labute approximate surface area is 134 Å². The lowest BCUT2D eigenvalue weighted by Crippen LogP contribution is -2.59. The number of carbonyl (C=O) groups is 3. The summed E-state index contributed by atoms with van der Waals surface area (Å²) in [5, 5.41) is -1.77. The van der Waals surface area contributed by atoms with Crippen molar-refractivity contribution in [2.24, 2.45) is 0 Å². The molecule has 0 aromatic carbocycles. The number of methoxy groups -OCH3 is 1. The summed E-state index contributed by atoms with van der Waals surface area (Å²) in [6.45, 7) is 0. The van der Waals surface area contributed by atoms with Gasteiger partial charge in [0.05, 0.1) is 13.2 Å². The van der Waals surface area contributed by atoms with Crippen LogP contribution in [0.3, 0.4) is 0 Å². The number of carbonyl (C=O) groups excluding carboxylic acids is 3. The second kappa shape index (κ2) is 6.55. The van der Waals surface area contributed by atoms with Crippen LogP contribution >= 0.6 is 7.60 Å². The molecule has 23 heavy (non-hydrogen) atoms. The van der Waals surface area contributed by atoms with Crippen molar-refractivity contribution >= 4 is 25.4 Å². The summed E-state index contributed by atoms with van der Waals surface area (Å²) < 4.78 is 28.2. The highest BCUT2D eigenvalue weighted by atomic mass is 31.2. The molecule has 2 atom stereocenters. The zero-order chi connectivity index (χ0) is 17.3. The van der Waals surface area contributed by atoms with Crippen LogP contribution in [0.5, 0.6) is 0 Å². The van der Waals surface area contributed by atoms with Crippen molar-refractivity contribution in [1.82, 2.24) is 4.90 Å². The molecule has 2 rings (SSSR count). The average Bonchev–Trinajstić information content (AvgIpc) is 2.91. The third kappa shape index (κ3) is 2.55. The van der Waals surface area contributed by atoms with Crippen molar-refractivity contribution < 1.29 is 32.7 Å². The molecule has 8 nitrogen and oxygen atoms in total. The summed E-state index contributed by atoms with van der Waals surface area (Å²) in [6, 6.07) is -1.06. The SMILES string of the molecule is COC(=O)[C@@]1(P(=O)(OC)OC)CCC=C[C@H]1N1C(=O)CCC1=O. The molecule has 1 fully saturated rings. The molecule has 1 aliphatic carbocycles. The molecule has 9 heteroatoms. The first-order valence-electron chi connectivity index (χ1n) is 7.19. The van der Waals surface area contributed by atoms with Crippen LogP contribution in [0.2, 0.25) is 0 Å². The molecule has 0 saturated carbocycles. The summed E-state index contributed by atoms with van der Waals surface area (Å²) in [5.41, 5.74) is 0. The molecule has 0 unspecified atom stereocenters. The number of hydrogen-bond acceptors (Lipinski definition) is 7. The van der Waals surface area contributed by atoms with Crippen molar-refractivity contribution in [3.8, 4) is 0 Å².